The normalized spacial score (nSPS) is 10.5. The summed E-state index contributed by atoms with van der Waals surface area (Å²) in [5.74, 6) is -0.0519. The largest absolute Gasteiger partial charge is 0.383 e. The van der Waals surface area contributed by atoms with Gasteiger partial charge in [0.05, 0.1) is 6.61 Å². The van der Waals surface area contributed by atoms with Gasteiger partial charge in [0, 0.05) is 38.4 Å². The fourth-order valence-electron chi connectivity index (χ4n) is 1.78. The Morgan fingerprint density at radius 2 is 2.05 bits per heavy atom. The Kier molecular flexibility index (Phi) is 5.93. The van der Waals surface area contributed by atoms with Crippen molar-refractivity contribution in [3.05, 3.63) is 42.2 Å². The smallest absolute Gasteiger partial charge is 0.289 e. The summed E-state index contributed by atoms with van der Waals surface area (Å²) in [4.78, 5) is 11.9. The van der Waals surface area contributed by atoms with Crippen LogP contribution in [0.2, 0.25) is 0 Å². The first-order valence-electron chi connectivity index (χ1n) is 6.81. The van der Waals surface area contributed by atoms with E-state index < -0.39 is 0 Å². The molecule has 0 saturated heterocycles. The van der Waals surface area contributed by atoms with E-state index >= 15 is 0 Å². The van der Waals surface area contributed by atoms with Gasteiger partial charge in [-0.05, 0) is 0 Å². The average Bonchev–Trinajstić information content (AvgIpc) is 3.01. The van der Waals surface area contributed by atoms with Crippen molar-refractivity contribution in [1.82, 2.24) is 15.8 Å². The van der Waals surface area contributed by atoms with Crippen molar-refractivity contribution in [3.63, 3.8) is 0 Å². The number of hydrogen-bond acceptors (Lipinski definition) is 5. The lowest BCUT2D eigenvalue weighted by Crippen LogP contribution is -2.32. The summed E-state index contributed by atoms with van der Waals surface area (Å²) in [5.41, 5.74) is 1.57. The third-order valence-electron chi connectivity index (χ3n) is 2.87. The molecule has 6 heteroatoms. The molecule has 112 valence electrons. The molecule has 0 aliphatic carbocycles. The molecule has 0 aliphatic heterocycles. The number of amides is 1. The third-order valence-corrected chi connectivity index (χ3v) is 2.87. The maximum Gasteiger partial charge on any atom is 0.289 e. The highest BCUT2D eigenvalue weighted by Gasteiger charge is 2.13. The van der Waals surface area contributed by atoms with Crippen molar-refractivity contribution in [2.24, 2.45) is 0 Å². The molecular weight excluding hydrogens is 270 g/mol. The first kappa shape index (κ1) is 15.2. The number of nitrogens with one attached hydrogen (secondary N) is 2. The van der Waals surface area contributed by atoms with E-state index in [1.807, 2.05) is 30.3 Å². The molecule has 6 nitrogen and oxygen atoms in total. The van der Waals surface area contributed by atoms with E-state index in [4.69, 9.17) is 9.26 Å². The molecule has 2 aromatic rings. The molecule has 2 rings (SSSR count). The van der Waals surface area contributed by atoms with Gasteiger partial charge >= 0.3 is 0 Å². The van der Waals surface area contributed by atoms with E-state index in [9.17, 15) is 4.79 Å². The lowest BCUT2D eigenvalue weighted by molar-refractivity contribution is 0.0917. The second kappa shape index (κ2) is 8.18. The van der Waals surface area contributed by atoms with Crippen LogP contribution in [0.5, 0.6) is 0 Å². The van der Waals surface area contributed by atoms with Gasteiger partial charge in [0.1, 0.15) is 5.69 Å². The molecule has 1 aromatic heterocycles. The molecule has 1 heterocycles. The zero-order valence-corrected chi connectivity index (χ0v) is 12.0. The predicted octanol–water partition coefficient (Wildman–Crippen LogP) is 1.31. The molecule has 2 N–H and O–H groups in total. The van der Waals surface area contributed by atoms with Crippen LogP contribution in [0.4, 0.5) is 0 Å². The lowest BCUT2D eigenvalue weighted by Gasteiger charge is -2.04. The van der Waals surface area contributed by atoms with E-state index in [0.717, 1.165) is 12.1 Å². The SMILES string of the molecule is COCCNCCNC(=O)c1cc(-c2ccccc2)no1. The number of methoxy groups -OCH3 is 1. The lowest BCUT2D eigenvalue weighted by atomic mass is 10.1. The number of ether oxygens (including phenoxy) is 1. The molecule has 1 aromatic carbocycles. The van der Waals surface area contributed by atoms with E-state index in [2.05, 4.69) is 15.8 Å². The van der Waals surface area contributed by atoms with Crippen LogP contribution in [0.25, 0.3) is 11.3 Å². The Hall–Kier alpha value is -2.18. The second-order valence-corrected chi connectivity index (χ2v) is 4.44. The fourth-order valence-corrected chi connectivity index (χ4v) is 1.78. The molecule has 0 aliphatic rings. The van der Waals surface area contributed by atoms with Crippen LogP contribution >= 0.6 is 0 Å². The predicted molar refractivity (Wildman–Crippen MR) is 79.0 cm³/mol. The molecule has 1 amide bonds. The summed E-state index contributed by atoms with van der Waals surface area (Å²) in [5, 5.41) is 9.81. The standard InChI is InChI=1S/C15H19N3O3/c1-20-10-9-16-7-8-17-15(19)14-11-13(18-21-14)12-5-3-2-4-6-12/h2-6,11,16H,7-10H2,1H3,(H,17,19). The molecule has 0 atom stereocenters. The number of benzene rings is 1. The van der Waals surface area contributed by atoms with Crippen LogP contribution in [-0.2, 0) is 4.74 Å². The van der Waals surface area contributed by atoms with Crippen molar-refractivity contribution in [2.45, 2.75) is 0 Å². The number of carbonyl (C=O) groups excluding carboxylic acids is 1. The highest BCUT2D eigenvalue weighted by Crippen LogP contribution is 2.18. The first-order valence-corrected chi connectivity index (χ1v) is 6.81. The van der Waals surface area contributed by atoms with Crippen molar-refractivity contribution in [3.8, 4) is 11.3 Å². The van der Waals surface area contributed by atoms with Crippen LogP contribution in [0.1, 0.15) is 10.6 Å². The van der Waals surface area contributed by atoms with E-state index in [0.29, 0.717) is 25.4 Å². The zero-order valence-electron chi connectivity index (χ0n) is 12.0. The fraction of sp³-hybridized carbons (Fsp3) is 0.333. The van der Waals surface area contributed by atoms with Crippen LogP contribution < -0.4 is 10.6 Å². The molecule has 0 radical (unpaired) electrons. The van der Waals surface area contributed by atoms with Crippen molar-refractivity contribution < 1.29 is 14.1 Å². The summed E-state index contributed by atoms with van der Waals surface area (Å²) in [6.45, 7) is 2.60. The van der Waals surface area contributed by atoms with E-state index in [1.165, 1.54) is 0 Å². The van der Waals surface area contributed by atoms with Crippen LogP contribution in [0.15, 0.2) is 40.9 Å². The highest BCUT2D eigenvalue weighted by atomic mass is 16.5. The Morgan fingerprint density at radius 3 is 2.81 bits per heavy atom. The minimum Gasteiger partial charge on any atom is -0.383 e. The number of aromatic nitrogens is 1. The second-order valence-electron chi connectivity index (χ2n) is 4.44. The van der Waals surface area contributed by atoms with E-state index in [-0.39, 0.29) is 11.7 Å². The van der Waals surface area contributed by atoms with Gasteiger partial charge in [0.2, 0.25) is 5.76 Å². The summed E-state index contributed by atoms with van der Waals surface area (Å²) < 4.78 is 9.98. The molecule has 0 spiro atoms. The van der Waals surface area contributed by atoms with Crippen molar-refractivity contribution in [2.75, 3.05) is 33.4 Å². The number of nitrogens with zero attached hydrogens (tertiary/aromatic N) is 1. The van der Waals surface area contributed by atoms with Gasteiger partial charge in [-0.2, -0.15) is 0 Å². The van der Waals surface area contributed by atoms with Gasteiger partial charge in [-0.3, -0.25) is 4.79 Å². The van der Waals surface area contributed by atoms with E-state index in [1.54, 1.807) is 13.2 Å². The van der Waals surface area contributed by atoms with Gasteiger partial charge in [-0.1, -0.05) is 35.5 Å². The summed E-state index contributed by atoms with van der Waals surface area (Å²) in [6, 6.07) is 11.2. The van der Waals surface area contributed by atoms with Gasteiger partial charge in [-0.15, -0.1) is 0 Å². The monoisotopic (exact) mass is 289 g/mol. The highest BCUT2D eigenvalue weighted by molar-refractivity contribution is 5.92. The topological polar surface area (TPSA) is 76.4 Å². The van der Waals surface area contributed by atoms with Crippen LogP contribution in [0, 0.1) is 0 Å². The zero-order chi connectivity index (χ0) is 14.9. The third kappa shape index (κ3) is 4.70. The molecule has 0 saturated carbocycles. The summed E-state index contributed by atoms with van der Waals surface area (Å²) >= 11 is 0. The Morgan fingerprint density at radius 1 is 1.24 bits per heavy atom. The van der Waals surface area contributed by atoms with Crippen LogP contribution in [-0.4, -0.2) is 44.4 Å². The van der Waals surface area contributed by atoms with Gasteiger partial charge in [0.25, 0.3) is 5.91 Å². The number of carbonyl (C=O) groups is 1. The first-order chi connectivity index (χ1) is 10.3. The quantitative estimate of drug-likeness (QED) is 0.717. The minimum absolute atomic E-state index is 0.214. The summed E-state index contributed by atoms with van der Waals surface area (Å²) in [7, 11) is 1.65. The number of hydrogen-bond donors (Lipinski definition) is 2. The van der Waals surface area contributed by atoms with Crippen molar-refractivity contribution in [1.29, 1.82) is 0 Å². The van der Waals surface area contributed by atoms with Gasteiger partial charge in [-0.25, -0.2) is 0 Å². The molecular formula is C15H19N3O3. The Labute approximate surface area is 123 Å². The minimum atomic E-state index is -0.266. The molecule has 0 bridgehead atoms. The van der Waals surface area contributed by atoms with Gasteiger partial charge in [0.15, 0.2) is 0 Å². The Balaban J connectivity index is 1.80. The summed E-state index contributed by atoms with van der Waals surface area (Å²) in [6.07, 6.45) is 0. The number of rotatable bonds is 8. The average molecular weight is 289 g/mol. The Bertz CT molecular complexity index is 554. The maximum absolute atomic E-state index is 11.9. The van der Waals surface area contributed by atoms with Gasteiger partial charge < -0.3 is 19.9 Å². The van der Waals surface area contributed by atoms with Crippen LogP contribution in [0.3, 0.4) is 0 Å². The van der Waals surface area contributed by atoms with Crippen molar-refractivity contribution >= 4 is 5.91 Å². The molecule has 21 heavy (non-hydrogen) atoms. The molecule has 0 fully saturated rings. The molecule has 0 unspecified atom stereocenters. The maximum atomic E-state index is 11.9.